The van der Waals surface area contributed by atoms with E-state index >= 15 is 0 Å². The molecule has 2 N–H and O–H groups in total. The van der Waals surface area contributed by atoms with Crippen LogP contribution in [0.2, 0.25) is 0 Å². The van der Waals surface area contributed by atoms with Crippen LogP contribution >= 0.6 is 0 Å². The molecule has 0 bridgehead atoms. The molecule has 0 atom stereocenters. The highest BCUT2D eigenvalue weighted by Gasteiger charge is 2.21. The predicted octanol–water partition coefficient (Wildman–Crippen LogP) is 0.725. The summed E-state index contributed by atoms with van der Waals surface area (Å²) in [4.78, 5) is 35.5. The summed E-state index contributed by atoms with van der Waals surface area (Å²) in [5.41, 5.74) is -0.437. The second-order valence-electron chi connectivity index (χ2n) is 4.00. The molecule has 0 radical (unpaired) electrons. The molecular formula is C13H15NO6. The number of rotatable bonds is 5. The van der Waals surface area contributed by atoms with Crippen molar-refractivity contribution in [3.05, 3.63) is 29.3 Å². The Labute approximate surface area is 115 Å². The van der Waals surface area contributed by atoms with Gasteiger partial charge in [0.05, 0.1) is 17.7 Å². The average molecular weight is 281 g/mol. The van der Waals surface area contributed by atoms with Crippen LogP contribution in [0.15, 0.2) is 18.2 Å². The van der Waals surface area contributed by atoms with Gasteiger partial charge in [-0.15, -0.1) is 0 Å². The highest BCUT2D eigenvalue weighted by Crippen LogP contribution is 2.18. The third kappa shape index (κ3) is 3.71. The third-order valence-electron chi connectivity index (χ3n) is 2.48. The largest absolute Gasteiger partial charge is 0.508 e. The first kappa shape index (κ1) is 15.5. The molecule has 0 unspecified atom stereocenters. The first-order chi connectivity index (χ1) is 9.36. The maximum atomic E-state index is 12.1. The first-order valence-corrected chi connectivity index (χ1v) is 5.84. The van der Waals surface area contributed by atoms with Crippen molar-refractivity contribution < 1.29 is 29.3 Å². The van der Waals surface area contributed by atoms with Crippen LogP contribution in [0.3, 0.4) is 0 Å². The van der Waals surface area contributed by atoms with Gasteiger partial charge in [-0.1, -0.05) is 0 Å². The number of phenolic OH excluding ortho intramolecular Hbond substituents is 1. The van der Waals surface area contributed by atoms with Gasteiger partial charge in [-0.05, 0) is 25.1 Å². The third-order valence-corrected chi connectivity index (χ3v) is 2.48. The van der Waals surface area contributed by atoms with Gasteiger partial charge in [0.15, 0.2) is 0 Å². The summed E-state index contributed by atoms with van der Waals surface area (Å²) in [6, 6.07) is 3.38. The van der Waals surface area contributed by atoms with Crippen LogP contribution in [0.1, 0.15) is 27.6 Å². The molecule has 7 nitrogen and oxygen atoms in total. The number of benzene rings is 1. The molecule has 0 aliphatic heterocycles. The number of hydrogen-bond donors (Lipinski definition) is 2. The standard InChI is InChI=1S/C13H15NO6/c1-3-20-11(16)7-14(2)12(17)9-5-4-8(15)6-10(9)13(18)19/h4-6,15H,3,7H2,1-2H3,(H,18,19). The summed E-state index contributed by atoms with van der Waals surface area (Å²) >= 11 is 0. The number of carboxylic acids is 1. The van der Waals surface area contributed by atoms with E-state index in [1.807, 2.05) is 0 Å². The van der Waals surface area contributed by atoms with Crippen LogP contribution < -0.4 is 0 Å². The fraction of sp³-hybridized carbons (Fsp3) is 0.308. The maximum absolute atomic E-state index is 12.1. The highest BCUT2D eigenvalue weighted by molar-refractivity contribution is 6.05. The lowest BCUT2D eigenvalue weighted by atomic mass is 10.1. The number of likely N-dealkylation sites (N-methyl/N-ethyl adjacent to an activating group) is 1. The van der Waals surface area contributed by atoms with Gasteiger partial charge in [0.2, 0.25) is 0 Å². The number of phenols is 1. The summed E-state index contributed by atoms with van der Waals surface area (Å²) in [6.45, 7) is 1.55. The SMILES string of the molecule is CCOC(=O)CN(C)C(=O)c1ccc(O)cc1C(=O)O. The van der Waals surface area contributed by atoms with E-state index < -0.39 is 17.8 Å². The van der Waals surface area contributed by atoms with Gasteiger partial charge in [-0.3, -0.25) is 9.59 Å². The zero-order valence-electron chi connectivity index (χ0n) is 11.1. The molecule has 0 spiro atoms. The molecule has 7 heteroatoms. The van der Waals surface area contributed by atoms with Crippen molar-refractivity contribution in [3.63, 3.8) is 0 Å². The Morgan fingerprint density at radius 2 is 1.90 bits per heavy atom. The van der Waals surface area contributed by atoms with Gasteiger partial charge < -0.3 is 19.8 Å². The number of carboxylic acid groups (broad SMARTS) is 1. The Morgan fingerprint density at radius 1 is 1.25 bits per heavy atom. The lowest BCUT2D eigenvalue weighted by Crippen LogP contribution is -2.33. The number of carbonyl (C=O) groups excluding carboxylic acids is 2. The number of aromatic hydroxyl groups is 1. The van der Waals surface area contributed by atoms with Crippen LogP contribution in [-0.4, -0.2) is 53.2 Å². The Balaban J connectivity index is 2.97. The molecule has 0 aliphatic carbocycles. The number of ether oxygens (including phenoxy) is 1. The fourth-order valence-electron chi connectivity index (χ4n) is 1.57. The van der Waals surface area contributed by atoms with E-state index in [0.717, 1.165) is 11.0 Å². The maximum Gasteiger partial charge on any atom is 0.336 e. The molecule has 0 saturated carbocycles. The monoisotopic (exact) mass is 281 g/mol. The van der Waals surface area contributed by atoms with Gasteiger partial charge >= 0.3 is 11.9 Å². The summed E-state index contributed by atoms with van der Waals surface area (Å²) in [6.07, 6.45) is 0. The predicted molar refractivity (Wildman–Crippen MR) is 68.7 cm³/mol. The van der Waals surface area contributed by atoms with E-state index in [0.29, 0.717) is 0 Å². The van der Waals surface area contributed by atoms with Gasteiger partial charge in [0.25, 0.3) is 5.91 Å². The number of carbonyl (C=O) groups is 3. The van der Waals surface area contributed by atoms with Crippen LogP contribution in [-0.2, 0) is 9.53 Å². The second-order valence-corrected chi connectivity index (χ2v) is 4.00. The van der Waals surface area contributed by atoms with Gasteiger partial charge in [0.1, 0.15) is 12.3 Å². The van der Waals surface area contributed by atoms with Crippen molar-refractivity contribution in [3.8, 4) is 5.75 Å². The van der Waals surface area contributed by atoms with Crippen LogP contribution in [0, 0.1) is 0 Å². The molecule has 1 aromatic carbocycles. The van der Waals surface area contributed by atoms with Crippen LogP contribution in [0.4, 0.5) is 0 Å². The van der Waals surface area contributed by atoms with Crippen molar-refractivity contribution in [2.75, 3.05) is 20.2 Å². The van der Waals surface area contributed by atoms with E-state index in [2.05, 4.69) is 0 Å². The Kier molecular flexibility index (Phi) is 5.08. The summed E-state index contributed by atoms with van der Waals surface area (Å²) < 4.78 is 4.71. The van der Waals surface area contributed by atoms with Crippen LogP contribution in [0.25, 0.3) is 0 Å². The molecule has 0 fully saturated rings. The van der Waals surface area contributed by atoms with E-state index in [4.69, 9.17) is 9.84 Å². The zero-order chi connectivity index (χ0) is 15.3. The number of nitrogens with zero attached hydrogens (tertiary/aromatic N) is 1. The second kappa shape index (κ2) is 6.55. The smallest absolute Gasteiger partial charge is 0.336 e. The van der Waals surface area contributed by atoms with Gasteiger partial charge in [0, 0.05) is 7.05 Å². The molecule has 1 aromatic rings. The van der Waals surface area contributed by atoms with Crippen LogP contribution in [0.5, 0.6) is 5.75 Å². The first-order valence-electron chi connectivity index (χ1n) is 5.84. The molecule has 1 rings (SSSR count). The molecular weight excluding hydrogens is 266 g/mol. The number of amides is 1. The molecule has 108 valence electrons. The lowest BCUT2D eigenvalue weighted by Gasteiger charge is -2.17. The molecule has 0 saturated heterocycles. The van der Waals surface area contributed by atoms with Gasteiger partial charge in [-0.2, -0.15) is 0 Å². The minimum atomic E-state index is -1.34. The molecule has 0 aliphatic rings. The molecule has 0 aromatic heterocycles. The van der Waals surface area contributed by atoms with Crippen molar-refractivity contribution in [1.29, 1.82) is 0 Å². The summed E-state index contributed by atoms with van der Waals surface area (Å²) in [5.74, 6) is -2.82. The van der Waals surface area contributed by atoms with E-state index in [-0.39, 0.29) is 30.0 Å². The van der Waals surface area contributed by atoms with E-state index in [9.17, 15) is 19.5 Å². The summed E-state index contributed by atoms with van der Waals surface area (Å²) in [7, 11) is 1.36. The van der Waals surface area contributed by atoms with E-state index in [1.165, 1.54) is 19.2 Å². The Hall–Kier alpha value is -2.57. The Bertz CT molecular complexity index is 540. The zero-order valence-corrected chi connectivity index (χ0v) is 11.1. The van der Waals surface area contributed by atoms with Crippen molar-refractivity contribution >= 4 is 17.8 Å². The molecule has 20 heavy (non-hydrogen) atoms. The summed E-state index contributed by atoms with van der Waals surface area (Å²) in [5, 5.41) is 18.3. The van der Waals surface area contributed by atoms with E-state index in [1.54, 1.807) is 6.92 Å². The van der Waals surface area contributed by atoms with Crippen molar-refractivity contribution in [2.45, 2.75) is 6.92 Å². The lowest BCUT2D eigenvalue weighted by molar-refractivity contribution is -0.143. The average Bonchev–Trinajstić information content (AvgIpc) is 2.37. The number of esters is 1. The van der Waals surface area contributed by atoms with Crippen molar-refractivity contribution in [1.82, 2.24) is 4.90 Å². The fourth-order valence-corrected chi connectivity index (χ4v) is 1.57. The normalized spacial score (nSPS) is 9.90. The molecule has 0 heterocycles. The molecule has 1 amide bonds. The Morgan fingerprint density at radius 3 is 2.45 bits per heavy atom. The minimum Gasteiger partial charge on any atom is -0.508 e. The topological polar surface area (TPSA) is 104 Å². The number of hydrogen-bond acceptors (Lipinski definition) is 5. The highest BCUT2D eigenvalue weighted by atomic mass is 16.5. The number of aromatic carboxylic acids is 1. The minimum absolute atomic E-state index is 0.109. The quantitative estimate of drug-likeness (QED) is 0.771. The van der Waals surface area contributed by atoms with Crippen molar-refractivity contribution in [2.24, 2.45) is 0 Å². The van der Waals surface area contributed by atoms with Gasteiger partial charge in [-0.25, -0.2) is 4.79 Å².